The summed E-state index contributed by atoms with van der Waals surface area (Å²) in [5, 5.41) is 13.3. The van der Waals surface area contributed by atoms with Gasteiger partial charge >= 0.3 is 6.03 Å². The van der Waals surface area contributed by atoms with Crippen LogP contribution in [0.2, 0.25) is 0 Å². The quantitative estimate of drug-likeness (QED) is 0.796. The van der Waals surface area contributed by atoms with Gasteiger partial charge in [-0.15, -0.1) is 0 Å². The molecule has 6 heteroatoms. The van der Waals surface area contributed by atoms with E-state index in [1.54, 1.807) is 0 Å². The van der Waals surface area contributed by atoms with E-state index < -0.39 is 0 Å². The van der Waals surface area contributed by atoms with E-state index in [4.69, 9.17) is 4.74 Å². The Morgan fingerprint density at radius 2 is 2.27 bits per heavy atom. The van der Waals surface area contributed by atoms with Crippen LogP contribution in [0.15, 0.2) is 0 Å². The highest BCUT2D eigenvalue weighted by atomic mass is 16.5. The maximum Gasteiger partial charge on any atom is 0.315 e. The van der Waals surface area contributed by atoms with Gasteiger partial charge in [-0.25, -0.2) is 4.79 Å². The number of carbonyl (C=O) groups excluding carboxylic acids is 1. The highest BCUT2D eigenvalue weighted by Gasteiger charge is 2.66. The van der Waals surface area contributed by atoms with Gasteiger partial charge in [0.25, 0.3) is 0 Å². The van der Waals surface area contributed by atoms with Crippen molar-refractivity contribution in [1.29, 1.82) is 0 Å². The standard InChI is InChI=1S/C16H24N4O2/c1-9-12(10(2)20-19-9)8-17-15(21)18-13-11-4-7-22-14(11)16(13)5-3-6-16/h11,13-14H,3-8H2,1-2H3,(H,19,20)(H2,17,18,21)/t11-,13+,14+/m0/s1. The third-order valence-corrected chi connectivity index (χ3v) is 6.03. The lowest BCUT2D eigenvalue weighted by Gasteiger charge is -2.63. The van der Waals surface area contributed by atoms with Crippen LogP contribution >= 0.6 is 0 Å². The summed E-state index contributed by atoms with van der Waals surface area (Å²) in [5.41, 5.74) is 3.27. The SMILES string of the molecule is Cc1n[nH]c(C)c1CNC(=O)N[C@@H]1[C@@H]2CCO[C@H]2C12CCC2. The normalized spacial score (nSPS) is 31.3. The number of nitrogens with one attached hydrogen (secondary N) is 3. The number of fused-ring (bicyclic) bond motifs is 2. The molecule has 2 heterocycles. The van der Waals surface area contributed by atoms with Crippen LogP contribution in [-0.2, 0) is 11.3 Å². The maximum atomic E-state index is 12.3. The van der Waals surface area contributed by atoms with Gasteiger partial charge in [0, 0.05) is 41.8 Å². The molecule has 3 aliphatic rings. The Morgan fingerprint density at radius 1 is 1.45 bits per heavy atom. The molecule has 0 aromatic carbocycles. The van der Waals surface area contributed by atoms with E-state index in [9.17, 15) is 4.79 Å². The van der Waals surface area contributed by atoms with Crippen LogP contribution in [0, 0.1) is 25.2 Å². The number of urea groups is 1. The Balaban J connectivity index is 1.36. The molecule has 4 rings (SSSR count). The molecule has 3 fully saturated rings. The number of rotatable bonds is 3. The predicted octanol–water partition coefficient (Wildman–Crippen LogP) is 1.78. The Labute approximate surface area is 130 Å². The summed E-state index contributed by atoms with van der Waals surface area (Å²) in [6, 6.07) is 0.224. The molecule has 2 amide bonds. The van der Waals surface area contributed by atoms with Crippen LogP contribution < -0.4 is 10.6 Å². The molecule has 1 spiro atoms. The molecule has 120 valence electrons. The number of carbonyl (C=O) groups is 1. The molecule has 22 heavy (non-hydrogen) atoms. The summed E-state index contributed by atoms with van der Waals surface area (Å²) in [4.78, 5) is 12.3. The van der Waals surface area contributed by atoms with E-state index in [1.165, 1.54) is 19.3 Å². The molecule has 2 saturated carbocycles. The summed E-state index contributed by atoms with van der Waals surface area (Å²) >= 11 is 0. The minimum absolute atomic E-state index is 0.0679. The lowest BCUT2D eigenvalue weighted by atomic mass is 9.46. The molecule has 0 unspecified atom stereocenters. The molecule has 0 bridgehead atoms. The van der Waals surface area contributed by atoms with E-state index in [1.807, 2.05) is 13.8 Å². The van der Waals surface area contributed by atoms with Crippen LogP contribution in [0.1, 0.15) is 42.6 Å². The molecule has 3 atom stereocenters. The monoisotopic (exact) mass is 304 g/mol. The zero-order chi connectivity index (χ0) is 15.3. The first-order valence-electron chi connectivity index (χ1n) is 8.28. The van der Waals surface area contributed by atoms with Crippen molar-refractivity contribution in [2.45, 2.75) is 58.2 Å². The van der Waals surface area contributed by atoms with E-state index >= 15 is 0 Å². The molecule has 0 radical (unpaired) electrons. The van der Waals surface area contributed by atoms with E-state index in [2.05, 4.69) is 20.8 Å². The fraction of sp³-hybridized carbons (Fsp3) is 0.750. The lowest BCUT2D eigenvalue weighted by Crippen LogP contribution is -2.72. The predicted molar refractivity (Wildman–Crippen MR) is 81.4 cm³/mol. The van der Waals surface area contributed by atoms with E-state index in [0.29, 0.717) is 24.6 Å². The largest absolute Gasteiger partial charge is 0.377 e. The smallest absolute Gasteiger partial charge is 0.315 e. The topological polar surface area (TPSA) is 79.0 Å². The second-order valence-electron chi connectivity index (χ2n) is 7.05. The number of H-pyrrole nitrogens is 1. The van der Waals surface area contributed by atoms with Crippen LogP contribution in [0.5, 0.6) is 0 Å². The van der Waals surface area contributed by atoms with Crippen molar-refractivity contribution in [3.05, 3.63) is 17.0 Å². The van der Waals surface area contributed by atoms with Gasteiger partial charge in [-0.1, -0.05) is 6.42 Å². The number of hydrogen-bond acceptors (Lipinski definition) is 3. The summed E-state index contributed by atoms with van der Waals surface area (Å²) in [7, 11) is 0. The average molecular weight is 304 g/mol. The van der Waals surface area contributed by atoms with Gasteiger partial charge in [0.1, 0.15) is 0 Å². The molecule has 1 aromatic heterocycles. The van der Waals surface area contributed by atoms with Gasteiger partial charge in [0.15, 0.2) is 0 Å². The number of aromatic nitrogens is 2. The van der Waals surface area contributed by atoms with Crippen molar-refractivity contribution < 1.29 is 9.53 Å². The fourth-order valence-corrected chi connectivity index (χ4v) is 4.65. The molecule has 1 aromatic rings. The van der Waals surface area contributed by atoms with Crippen LogP contribution in [0.4, 0.5) is 4.79 Å². The number of aromatic amines is 1. The first-order chi connectivity index (χ1) is 10.6. The zero-order valence-corrected chi connectivity index (χ0v) is 13.2. The molecule has 2 aliphatic carbocycles. The summed E-state index contributed by atoms with van der Waals surface area (Å²) in [6.45, 7) is 5.30. The first-order valence-corrected chi connectivity index (χ1v) is 8.28. The Bertz CT molecular complexity index is 573. The minimum atomic E-state index is -0.0679. The fourth-order valence-electron chi connectivity index (χ4n) is 4.65. The Morgan fingerprint density at radius 3 is 2.91 bits per heavy atom. The second-order valence-corrected chi connectivity index (χ2v) is 7.05. The summed E-state index contributed by atoms with van der Waals surface area (Å²) in [6.07, 6.45) is 5.12. The number of amides is 2. The number of ether oxygens (including phenoxy) is 1. The lowest BCUT2D eigenvalue weighted by molar-refractivity contribution is -0.172. The van der Waals surface area contributed by atoms with Crippen molar-refractivity contribution in [1.82, 2.24) is 20.8 Å². The molecule has 1 saturated heterocycles. The Hall–Kier alpha value is -1.56. The zero-order valence-electron chi connectivity index (χ0n) is 13.2. The van der Waals surface area contributed by atoms with Gasteiger partial charge in [-0.2, -0.15) is 5.10 Å². The van der Waals surface area contributed by atoms with Gasteiger partial charge < -0.3 is 15.4 Å². The first kappa shape index (κ1) is 14.1. The van der Waals surface area contributed by atoms with Gasteiger partial charge in [0.05, 0.1) is 11.8 Å². The molecule has 6 nitrogen and oxygen atoms in total. The highest BCUT2D eigenvalue weighted by Crippen LogP contribution is 2.62. The van der Waals surface area contributed by atoms with Gasteiger partial charge in [0.2, 0.25) is 0 Å². The van der Waals surface area contributed by atoms with E-state index in [-0.39, 0.29) is 11.4 Å². The van der Waals surface area contributed by atoms with Crippen LogP contribution in [0.25, 0.3) is 0 Å². The average Bonchev–Trinajstić information content (AvgIpc) is 2.99. The van der Waals surface area contributed by atoms with E-state index in [0.717, 1.165) is 30.0 Å². The summed E-state index contributed by atoms with van der Waals surface area (Å²) in [5.74, 6) is 0.517. The van der Waals surface area contributed by atoms with Crippen molar-refractivity contribution in [2.24, 2.45) is 11.3 Å². The third kappa shape index (κ3) is 1.89. The molecular formula is C16H24N4O2. The van der Waals surface area contributed by atoms with Crippen LogP contribution in [-0.4, -0.2) is 35.0 Å². The summed E-state index contributed by atoms with van der Waals surface area (Å²) < 4.78 is 5.89. The number of aryl methyl sites for hydroxylation is 2. The number of hydrogen-bond donors (Lipinski definition) is 3. The second kappa shape index (κ2) is 4.98. The molecule has 1 aliphatic heterocycles. The van der Waals surface area contributed by atoms with Crippen LogP contribution in [0.3, 0.4) is 0 Å². The Kier molecular flexibility index (Phi) is 3.18. The van der Waals surface area contributed by atoms with Crippen molar-refractivity contribution in [3.63, 3.8) is 0 Å². The molecule has 3 N–H and O–H groups in total. The third-order valence-electron chi connectivity index (χ3n) is 6.03. The van der Waals surface area contributed by atoms with Crippen molar-refractivity contribution in [3.8, 4) is 0 Å². The van der Waals surface area contributed by atoms with Crippen molar-refractivity contribution >= 4 is 6.03 Å². The maximum absolute atomic E-state index is 12.3. The number of nitrogens with zero attached hydrogens (tertiary/aromatic N) is 1. The minimum Gasteiger partial charge on any atom is -0.377 e. The van der Waals surface area contributed by atoms with Gasteiger partial charge in [-0.05, 0) is 33.1 Å². The van der Waals surface area contributed by atoms with Crippen molar-refractivity contribution in [2.75, 3.05) is 6.61 Å². The highest BCUT2D eigenvalue weighted by molar-refractivity contribution is 5.74. The molecular weight excluding hydrogens is 280 g/mol. The van der Waals surface area contributed by atoms with Gasteiger partial charge in [-0.3, -0.25) is 5.10 Å².